The molecule has 0 aliphatic carbocycles. The molecule has 0 saturated carbocycles. The number of nitrogens with two attached hydrogens (primary N) is 1. The maximum atomic E-state index is 13.2. The van der Waals surface area contributed by atoms with Crippen LogP contribution >= 0.6 is 0 Å². The topological polar surface area (TPSA) is 75.7 Å². The van der Waals surface area contributed by atoms with Gasteiger partial charge in [0.2, 0.25) is 0 Å². The molecule has 1 atom stereocenters. The summed E-state index contributed by atoms with van der Waals surface area (Å²) in [7, 11) is 1.25. The quantitative estimate of drug-likeness (QED) is 0.666. The number of benzene rings is 1. The molecule has 0 aliphatic rings. The molecule has 0 aliphatic heterocycles. The maximum Gasteiger partial charge on any atom is 0.196 e. The molecule has 4 N–H and O–H groups in total. The molecule has 1 aromatic rings. The van der Waals surface area contributed by atoms with Crippen LogP contribution in [-0.4, -0.2) is 23.9 Å². The van der Waals surface area contributed by atoms with E-state index in [2.05, 4.69) is 4.74 Å². The lowest BCUT2D eigenvalue weighted by Crippen LogP contribution is -2.11. The average molecular weight is 201 g/mol. The predicted octanol–water partition coefficient (Wildman–Crippen LogP) is 0.532. The minimum atomic E-state index is -0.985. The van der Waals surface area contributed by atoms with Crippen molar-refractivity contribution in [3.05, 3.63) is 23.5 Å². The molecule has 0 amide bonds. The number of ether oxygens (including phenoxy) is 1. The molecule has 1 unspecified atom stereocenters. The molecule has 4 nitrogen and oxygen atoms in total. The van der Waals surface area contributed by atoms with Gasteiger partial charge in [-0.3, -0.25) is 0 Å². The number of aliphatic hydroxyl groups is 1. The van der Waals surface area contributed by atoms with Crippen LogP contribution < -0.4 is 10.5 Å². The van der Waals surface area contributed by atoms with Crippen LogP contribution in [0.1, 0.15) is 11.7 Å². The Labute approximate surface area is 80.7 Å². The average Bonchev–Trinajstić information content (AvgIpc) is 2.16. The Hall–Kier alpha value is -1.33. The maximum absolute atomic E-state index is 13.2. The van der Waals surface area contributed by atoms with E-state index in [1.54, 1.807) is 0 Å². The van der Waals surface area contributed by atoms with Gasteiger partial charge in [0, 0.05) is 6.54 Å². The van der Waals surface area contributed by atoms with Crippen LogP contribution in [-0.2, 0) is 0 Å². The van der Waals surface area contributed by atoms with Gasteiger partial charge in [0.05, 0.1) is 13.2 Å². The SMILES string of the molecule is COc1c(O)cc(C(O)CN)cc1F. The Morgan fingerprint density at radius 1 is 1.57 bits per heavy atom. The first-order valence-corrected chi connectivity index (χ1v) is 4.04. The number of phenols is 1. The number of aliphatic hydroxyl groups excluding tert-OH is 1. The van der Waals surface area contributed by atoms with Gasteiger partial charge >= 0.3 is 0 Å². The molecule has 0 heterocycles. The fraction of sp³-hybridized carbons (Fsp3) is 0.333. The van der Waals surface area contributed by atoms with Crippen molar-refractivity contribution in [1.29, 1.82) is 0 Å². The zero-order valence-corrected chi connectivity index (χ0v) is 7.70. The second-order valence-electron chi connectivity index (χ2n) is 2.81. The monoisotopic (exact) mass is 201 g/mol. The lowest BCUT2D eigenvalue weighted by Gasteiger charge is -2.11. The van der Waals surface area contributed by atoms with E-state index in [-0.39, 0.29) is 23.6 Å². The van der Waals surface area contributed by atoms with Gasteiger partial charge in [-0.25, -0.2) is 4.39 Å². The van der Waals surface area contributed by atoms with Gasteiger partial charge in [0.1, 0.15) is 0 Å². The van der Waals surface area contributed by atoms with Gasteiger partial charge < -0.3 is 20.7 Å². The number of phenolic OH excluding ortho intramolecular Hbond substituents is 1. The molecule has 1 aromatic carbocycles. The minimum absolute atomic E-state index is 0.0365. The van der Waals surface area contributed by atoms with E-state index in [0.29, 0.717) is 0 Å². The summed E-state index contributed by atoms with van der Waals surface area (Å²) in [5, 5.41) is 18.6. The summed E-state index contributed by atoms with van der Waals surface area (Å²) in [6, 6.07) is 2.30. The Morgan fingerprint density at radius 3 is 2.64 bits per heavy atom. The molecule has 0 bridgehead atoms. The molecule has 1 rings (SSSR count). The van der Waals surface area contributed by atoms with Crippen molar-refractivity contribution in [3.63, 3.8) is 0 Å². The molecule has 0 fully saturated rings. The highest BCUT2D eigenvalue weighted by atomic mass is 19.1. The Kier molecular flexibility index (Phi) is 3.27. The predicted molar refractivity (Wildman–Crippen MR) is 48.6 cm³/mol. The lowest BCUT2D eigenvalue weighted by molar-refractivity contribution is 0.185. The standard InChI is InChI=1S/C9H12FNO3/c1-14-9-6(10)2-5(3-7(9)12)8(13)4-11/h2-3,8,12-13H,4,11H2,1H3. The van der Waals surface area contributed by atoms with Gasteiger partial charge in [0.15, 0.2) is 17.3 Å². The molecular formula is C9H12FNO3. The summed E-state index contributed by atoms with van der Waals surface area (Å²) in [6.07, 6.45) is -0.985. The summed E-state index contributed by atoms with van der Waals surface area (Å²) in [6.45, 7) is -0.0365. The fourth-order valence-electron chi connectivity index (χ4n) is 1.13. The normalized spacial score (nSPS) is 12.6. The molecule has 0 saturated heterocycles. The summed E-state index contributed by atoms with van der Waals surface area (Å²) >= 11 is 0. The first-order chi connectivity index (χ1) is 6.60. The third-order valence-electron chi connectivity index (χ3n) is 1.86. The molecule has 0 radical (unpaired) electrons. The van der Waals surface area contributed by atoms with E-state index in [1.807, 2.05) is 0 Å². The highest BCUT2D eigenvalue weighted by molar-refractivity contribution is 5.43. The van der Waals surface area contributed by atoms with Crippen molar-refractivity contribution in [1.82, 2.24) is 0 Å². The lowest BCUT2D eigenvalue weighted by atomic mass is 10.1. The summed E-state index contributed by atoms with van der Waals surface area (Å²) in [5.74, 6) is -1.32. The zero-order valence-electron chi connectivity index (χ0n) is 7.70. The van der Waals surface area contributed by atoms with Gasteiger partial charge in [0.25, 0.3) is 0 Å². The van der Waals surface area contributed by atoms with Crippen LogP contribution in [0.15, 0.2) is 12.1 Å². The second-order valence-corrected chi connectivity index (χ2v) is 2.81. The number of rotatable bonds is 3. The third kappa shape index (κ3) is 1.94. The third-order valence-corrected chi connectivity index (χ3v) is 1.86. The largest absolute Gasteiger partial charge is 0.504 e. The van der Waals surface area contributed by atoms with Crippen molar-refractivity contribution in [2.75, 3.05) is 13.7 Å². The highest BCUT2D eigenvalue weighted by Crippen LogP contribution is 2.31. The van der Waals surface area contributed by atoms with Gasteiger partial charge in [-0.05, 0) is 17.7 Å². The van der Waals surface area contributed by atoms with E-state index in [0.717, 1.165) is 6.07 Å². The summed E-state index contributed by atoms with van der Waals surface area (Å²) in [5.41, 5.74) is 5.41. The van der Waals surface area contributed by atoms with Crippen molar-refractivity contribution >= 4 is 0 Å². The number of methoxy groups -OCH3 is 1. The van der Waals surface area contributed by atoms with Crippen LogP contribution in [0, 0.1) is 5.82 Å². The van der Waals surface area contributed by atoms with Crippen LogP contribution in [0.5, 0.6) is 11.5 Å². The van der Waals surface area contributed by atoms with E-state index in [9.17, 15) is 14.6 Å². The molecular weight excluding hydrogens is 189 g/mol. The Bertz CT molecular complexity index is 307. The molecule has 0 spiro atoms. The molecule has 5 heteroatoms. The van der Waals surface area contributed by atoms with Gasteiger partial charge in [-0.2, -0.15) is 0 Å². The first kappa shape index (κ1) is 10.7. The second kappa shape index (κ2) is 4.26. The number of hydrogen-bond acceptors (Lipinski definition) is 4. The van der Waals surface area contributed by atoms with Gasteiger partial charge in [-0.1, -0.05) is 0 Å². The summed E-state index contributed by atoms with van der Waals surface area (Å²) < 4.78 is 17.8. The fourth-order valence-corrected chi connectivity index (χ4v) is 1.13. The smallest absolute Gasteiger partial charge is 0.196 e. The zero-order chi connectivity index (χ0) is 10.7. The minimum Gasteiger partial charge on any atom is -0.504 e. The van der Waals surface area contributed by atoms with E-state index in [4.69, 9.17) is 5.73 Å². The summed E-state index contributed by atoms with van der Waals surface area (Å²) in [4.78, 5) is 0. The van der Waals surface area contributed by atoms with Crippen LogP contribution in [0.3, 0.4) is 0 Å². The number of hydrogen-bond donors (Lipinski definition) is 3. The van der Waals surface area contributed by atoms with Crippen LogP contribution in [0.25, 0.3) is 0 Å². The molecule has 0 aromatic heterocycles. The number of aromatic hydroxyl groups is 1. The van der Waals surface area contributed by atoms with E-state index >= 15 is 0 Å². The van der Waals surface area contributed by atoms with Crippen molar-refractivity contribution in [2.24, 2.45) is 5.73 Å². The van der Waals surface area contributed by atoms with E-state index < -0.39 is 11.9 Å². The first-order valence-electron chi connectivity index (χ1n) is 4.04. The molecule has 14 heavy (non-hydrogen) atoms. The van der Waals surface area contributed by atoms with E-state index in [1.165, 1.54) is 13.2 Å². The van der Waals surface area contributed by atoms with Crippen molar-refractivity contribution in [2.45, 2.75) is 6.10 Å². The van der Waals surface area contributed by atoms with Crippen LogP contribution in [0.2, 0.25) is 0 Å². The van der Waals surface area contributed by atoms with Crippen molar-refractivity contribution in [3.8, 4) is 11.5 Å². The Balaban J connectivity index is 3.13. The highest BCUT2D eigenvalue weighted by Gasteiger charge is 2.14. The Morgan fingerprint density at radius 2 is 2.21 bits per heavy atom. The number of halogens is 1. The molecule has 78 valence electrons. The van der Waals surface area contributed by atoms with Gasteiger partial charge in [-0.15, -0.1) is 0 Å². The van der Waals surface area contributed by atoms with Crippen molar-refractivity contribution < 1.29 is 19.3 Å². The van der Waals surface area contributed by atoms with Crippen LogP contribution in [0.4, 0.5) is 4.39 Å².